The van der Waals surface area contributed by atoms with Crippen molar-refractivity contribution in [3.63, 3.8) is 0 Å². The molecule has 27 heavy (non-hydrogen) atoms. The zero-order chi connectivity index (χ0) is 19.4. The molecule has 0 N–H and O–H groups in total. The van der Waals surface area contributed by atoms with Gasteiger partial charge >= 0.3 is 5.97 Å². The summed E-state index contributed by atoms with van der Waals surface area (Å²) in [5.74, 6) is -0.855. The Morgan fingerprint density at radius 2 is 2.15 bits per heavy atom. The van der Waals surface area contributed by atoms with Crippen LogP contribution in [0.5, 0.6) is 0 Å². The van der Waals surface area contributed by atoms with Gasteiger partial charge < -0.3 is 9.30 Å². The van der Waals surface area contributed by atoms with E-state index in [1.165, 1.54) is 39.4 Å². The molecule has 2 heterocycles. The molecule has 0 aliphatic carbocycles. The highest BCUT2D eigenvalue weighted by Gasteiger charge is 2.16. The minimum absolute atomic E-state index is 0.102. The van der Waals surface area contributed by atoms with E-state index in [1.54, 1.807) is 13.0 Å². The van der Waals surface area contributed by atoms with E-state index < -0.39 is 10.9 Å². The highest BCUT2D eigenvalue weighted by molar-refractivity contribution is 7.16. The second-order valence-corrected chi connectivity index (χ2v) is 7.49. The molecule has 0 aliphatic rings. The molecule has 1 aromatic carbocycles. The summed E-state index contributed by atoms with van der Waals surface area (Å²) in [6.07, 6.45) is 0.158. The number of esters is 1. The van der Waals surface area contributed by atoms with Gasteiger partial charge in [0.15, 0.2) is 4.80 Å². The molecular weight excluding hydrogens is 390 g/mol. The Labute approximate surface area is 161 Å². The fraction of sp³-hybridized carbons (Fsp3) is 0.235. The van der Waals surface area contributed by atoms with Gasteiger partial charge in [0.25, 0.3) is 11.6 Å². The average Bonchev–Trinajstić information content (AvgIpc) is 3.23. The molecule has 0 radical (unpaired) electrons. The van der Waals surface area contributed by atoms with Crippen LogP contribution in [0.1, 0.15) is 11.8 Å². The molecule has 8 nitrogen and oxygen atoms in total. The summed E-state index contributed by atoms with van der Waals surface area (Å²) in [4.78, 5) is 40.2. The van der Waals surface area contributed by atoms with Gasteiger partial charge in [-0.05, 0) is 24.4 Å². The van der Waals surface area contributed by atoms with Crippen LogP contribution < -0.4 is 4.80 Å². The van der Waals surface area contributed by atoms with E-state index in [-0.39, 0.29) is 31.2 Å². The first-order valence-corrected chi connectivity index (χ1v) is 9.71. The van der Waals surface area contributed by atoms with E-state index >= 15 is 0 Å². The monoisotopic (exact) mass is 405 g/mol. The molecule has 10 heteroatoms. The number of benzene rings is 1. The van der Waals surface area contributed by atoms with E-state index in [4.69, 9.17) is 4.74 Å². The maximum absolute atomic E-state index is 12.3. The number of hydrogen-bond donors (Lipinski definition) is 0. The summed E-state index contributed by atoms with van der Waals surface area (Å²) in [6.45, 7) is 1.72. The Bertz CT molecular complexity index is 1070. The maximum Gasteiger partial charge on any atom is 0.326 e. The van der Waals surface area contributed by atoms with Crippen molar-refractivity contribution in [1.82, 2.24) is 4.57 Å². The van der Waals surface area contributed by atoms with E-state index in [9.17, 15) is 19.7 Å². The number of thiophene rings is 1. The Hall–Kier alpha value is -2.85. The molecule has 0 saturated carbocycles. The summed E-state index contributed by atoms with van der Waals surface area (Å²) in [7, 11) is 0. The van der Waals surface area contributed by atoms with Crippen LogP contribution in [0, 0.1) is 10.1 Å². The number of rotatable bonds is 6. The van der Waals surface area contributed by atoms with Crippen molar-refractivity contribution < 1.29 is 19.2 Å². The molecule has 0 saturated heterocycles. The minimum Gasteiger partial charge on any atom is -0.465 e. The fourth-order valence-electron chi connectivity index (χ4n) is 2.45. The number of thiazole rings is 1. The SMILES string of the molecule is CCOC(=O)Cn1c(=NC(=O)Cc2cccs2)sc2ccc([N+](=O)[O-])cc21. The molecule has 3 rings (SSSR count). The smallest absolute Gasteiger partial charge is 0.326 e. The topological polar surface area (TPSA) is 104 Å². The van der Waals surface area contributed by atoms with Crippen molar-refractivity contribution in [2.24, 2.45) is 4.99 Å². The van der Waals surface area contributed by atoms with Crippen molar-refractivity contribution in [3.8, 4) is 0 Å². The summed E-state index contributed by atoms with van der Waals surface area (Å²) in [5.41, 5.74) is 0.360. The van der Waals surface area contributed by atoms with Crippen LogP contribution >= 0.6 is 22.7 Å². The van der Waals surface area contributed by atoms with Gasteiger partial charge in [0, 0.05) is 17.0 Å². The molecule has 0 spiro atoms. The first-order chi connectivity index (χ1) is 13.0. The van der Waals surface area contributed by atoms with Gasteiger partial charge in [-0.2, -0.15) is 4.99 Å². The highest BCUT2D eigenvalue weighted by Crippen LogP contribution is 2.23. The molecule has 3 aromatic rings. The number of amides is 1. The lowest BCUT2D eigenvalue weighted by molar-refractivity contribution is -0.384. The van der Waals surface area contributed by atoms with E-state index in [0.29, 0.717) is 15.0 Å². The number of carbonyl (C=O) groups excluding carboxylic acids is 2. The third-order valence-corrected chi connectivity index (χ3v) is 5.53. The van der Waals surface area contributed by atoms with Crippen LogP contribution in [0.25, 0.3) is 10.2 Å². The van der Waals surface area contributed by atoms with Gasteiger partial charge in [0.1, 0.15) is 6.54 Å². The standard InChI is InChI=1S/C17H15N3O5S2/c1-2-25-16(22)10-19-13-8-11(20(23)24)5-6-14(13)27-17(19)18-15(21)9-12-4-3-7-26-12/h3-8H,2,9-10H2,1H3. The summed E-state index contributed by atoms with van der Waals surface area (Å²) in [5, 5.41) is 13.0. The van der Waals surface area contributed by atoms with Crippen LogP contribution in [0.15, 0.2) is 40.7 Å². The van der Waals surface area contributed by atoms with Crippen molar-refractivity contribution >= 4 is 50.5 Å². The summed E-state index contributed by atoms with van der Waals surface area (Å²) >= 11 is 2.65. The lowest BCUT2D eigenvalue weighted by Gasteiger charge is -2.05. The first-order valence-electron chi connectivity index (χ1n) is 8.01. The molecule has 140 valence electrons. The van der Waals surface area contributed by atoms with E-state index in [0.717, 1.165) is 4.88 Å². The summed E-state index contributed by atoms with van der Waals surface area (Å²) < 4.78 is 7.14. The number of aromatic nitrogens is 1. The summed E-state index contributed by atoms with van der Waals surface area (Å²) in [6, 6.07) is 8.03. The average molecular weight is 405 g/mol. The Balaban J connectivity index is 2.06. The third-order valence-electron chi connectivity index (χ3n) is 3.59. The number of nitro groups is 1. The zero-order valence-corrected chi connectivity index (χ0v) is 15.9. The second-order valence-electron chi connectivity index (χ2n) is 5.45. The molecule has 0 fully saturated rings. The number of nitro benzene ring substituents is 1. The van der Waals surface area contributed by atoms with Gasteiger partial charge in [-0.1, -0.05) is 17.4 Å². The first kappa shape index (κ1) is 18.9. The number of hydrogen-bond acceptors (Lipinski definition) is 7. The van der Waals surface area contributed by atoms with E-state index in [2.05, 4.69) is 4.99 Å². The van der Waals surface area contributed by atoms with Crippen molar-refractivity contribution in [2.75, 3.05) is 6.61 Å². The second kappa shape index (κ2) is 8.23. The van der Waals surface area contributed by atoms with Crippen LogP contribution in [-0.2, 0) is 27.3 Å². The minimum atomic E-state index is -0.509. The Kier molecular flexibility index (Phi) is 5.77. The number of nitrogens with zero attached hydrogens (tertiary/aromatic N) is 3. The van der Waals surface area contributed by atoms with Crippen LogP contribution in [0.2, 0.25) is 0 Å². The largest absolute Gasteiger partial charge is 0.465 e. The number of fused-ring (bicyclic) bond motifs is 1. The van der Waals surface area contributed by atoms with Crippen molar-refractivity contribution in [3.05, 3.63) is 55.5 Å². The van der Waals surface area contributed by atoms with Gasteiger partial charge in [-0.15, -0.1) is 11.3 Å². The fourth-order valence-corrected chi connectivity index (χ4v) is 4.18. The third kappa shape index (κ3) is 4.47. The van der Waals surface area contributed by atoms with Gasteiger partial charge in [-0.25, -0.2) is 0 Å². The number of ether oxygens (including phenoxy) is 1. The normalized spacial score (nSPS) is 11.7. The Morgan fingerprint density at radius 3 is 2.81 bits per heavy atom. The molecule has 0 bridgehead atoms. The molecule has 0 atom stereocenters. The predicted octanol–water partition coefficient (Wildman–Crippen LogP) is 2.91. The molecule has 0 unspecified atom stereocenters. The molecule has 1 amide bonds. The van der Waals surface area contributed by atoms with E-state index in [1.807, 2.05) is 17.5 Å². The van der Waals surface area contributed by atoms with Crippen molar-refractivity contribution in [1.29, 1.82) is 0 Å². The lowest BCUT2D eigenvalue weighted by Crippen LogP contribution is -2.23. The molecular formula is C17H15N3O5S2. The predicted molar refractivity (Wildman–Crippen MR) is 102 cm³/mol. The van der Waals surface area contributed by atoms with Gasteiger partial charge in [-0.3, -0.25) is 19.7 Å². The molecule has 0 aliphatic heterocycles. The van der Waals surface area contributed by atoms with Gasteiger partial charge in [0.2, 0.25) is 0 Å². The quantitative estimate of drug-likeness (QED) is 0.356. The van der Waals surface area contributed by atoms with Gasteiger partial charge in [0.05, 0.1) is 28.2 Å². The Morgan fingerprint density at radius 1 is 1.33 bits per heavy atom. The van der Waals surface area contributed by atoms with Crippen LogP contribution in [0.3, 0.4) is 0 Å². The zero-order valence-electron chi connectivity index (χ0n) is 14.3. The molecule has 2 aromatic heterocycles. The number of non-ortho nitro benzene ring substituents is 1. The maximum atomic E-state index is 12.3. The van der Waals surface area contributed by atoms with Crippen LogP contribution in [-0.4, -0.2) is 28.0 Å². The van der Waals surface area contributed by atoms with Crippen LogP contribution in [0.4, 0.5) is 5.69 Å². The highest BCUT2D eigenvalue weighted by atomic mass is 32.1. The van der Waals surface area contributed by atoms with Crippen molar-refractivity contribution in [2.45, 2.75) is 19.9 Å². The number of carbonyl (C=O) groups is 2. The lowest BCUT2D eigenvalue weighted by atomic mass is 10.3.